The van der Waals surface area contributed by atoms with Crippen molar-refractivity contribution < 1.29 is 14.3 Å². The van der Waals surface area contributed by atoms with Crippen LogP contribution in [0.4, 0.5) is 0 Å². The number of hydrogen-bond acceptors (Lipinski definition) is 4. The van der Waals surface area contributed by atoms with Gasteiger partial charge in [0.15, 0.2) is 0 Å². The Hall–Kier alpha value is -1.49. The number of phenols is 1. The van der Waals surface area contributed by atoms with E-state index in [9.17, 15) is 0 Å². The Bertz CT molecular complexity index is 438. The number of rotatable bonds is 3. The summed E-state index contributed by atoms with van der Waals surface area (Å²) < 4.78 is 10.4. The van der Waals surface area contributed by atoms with Gasteiger partial charge in [-0.3, -0.25) is 0 Å². The van der Waals surface area contributed by atoms with E-state index in [1.165, 1.54) is 6.26 Å². The second kappa shape index (κ2) is 4.35. The number of hydrogen-bond donors (Lipinski definition) is 1. The summed E-state index contributed by atoms with van der Waals surface area (Å²) in [6.45, 7) is 0.333. The number of aromatic nitrogens is 1. The second-order valence-corrected chi connectivity index (χ2v) is 3.55. The fourth-order valence-electron chi connectivity index (χ4n) is 1.05. The molecule has 1 heterocycles. The van der Waals surface area contributed by atoms with Gasteiger partial charge in [-0.05, 0) is 24.3 Å². The Morgan fingerprint density at radius 1 is 1.33 bits per heavy atom. The highest BCUT2D eigenvalue weighted by atomic mass is 79.9. The number of aromatic hydroxyl groups is 1. The predicted molar refractivity (Wildman–Crippen MR) is 56.6 cm³/mol. The Kier molecular flexibility index (Phi) is 2.91. The molecule has 0 aliphatic heterocycles. The molecule has 1 N–H and O–H groups in total. The number of halogens is 1. The van der Waals surface area contributed by atoms with Crippen LogP contribution in [0.15, 0.2) is 39.7 Å². The van der Waals surface area contributed by atoms with Gasteiger partial charge in [-0.1, -0.05) is 0 Å². The smallest absolute Gasteiger partial charge is 0.264 e. The molecule has 0 radical (unpaired) electrons. The van der Waals surface area contributed by atoms with E-state index < -0.39 is 0 Å². The minimum Gasteiger partial charge on any atom is -0.508 e. The Balaban J connectivity index is 1.96. The van der Waals surface area contributed by atoms with E-state index in [0.29, 0.717) is 22.9 Å². The van der Waals surface area contributed by atoms with Crippen LogP contribution in [-0.4, -0.2) is 10.1 Å². The molecule has 0 bridgehead atoms. The fraction of sp³-hybridized carbons (Fsp3) is 0.100. The van der Waals surface area contributed by atoms with Crippen molar-refractivity contribution in [1.82, 2.24) is 4.98 Å². The van der Waals surface area contributed by atoms with Crippen LogP contribution in [0.1, 0.15) is 5.69 Å². The predicted octanol–water partition coefficient (Wildman–Crippen LogP) is 2.72. The molecule has 0 spiro atoms. The standard InChI is InChI=1S/C10H8BrNO3/c11-10-12-7(6-15-10)5-14-9-3-1-8(13)2-4-9/h1-4,6,13H,5H2. The van der Waals surface area contributed by atoms with Crippen molar-refractivity contribution in [1.29, 1.82) is 0 Å². The van der Waals surface area contributed by atoms with Crippen molar-refractivity contribution in [2.45, 2.75) is 6.61 Å². The van der Waals surface area contributed by atoms with Gasteiger partial charge < -0.3 is 14.3 Å². The largest absolute Gasteiger partial charge is 0.508 e. The minimum atomic E-state index is 0.214. The van der Waals surface area contributed by atoms with Gasteiger partial charge in [0.2, 0.25) is 0 Å². The van der Waals surface area contributed by atoms with E-state index >= 15 is 0 Å². The summed E-state index contributed by atoms with van der Waals surface area (Å²) in [6.07, 6.45) is 1.52. The van der Waals surface area contributed by atoms with E-state index in [1.807, 2.05) is 0 Å². The average molecular weight is 270 g/mol. The molecule has 0 saturated carbocycles. The van der Waals surface area contributed by atoms with Crippen LogP contribution in [0.2, 0.25) is 0 Å². The van der Waals surface area contributed by atoms with Crippen LogP contribution in [0.3, 0.4) is 0 Å². The van der Waals surface area contributed by atoms with Gasteiger partial charge in [0.25, 0.3) is 4.80 Å². The van der Waals surface area contributed by atoms with Crippen molar-refractivity contribution in [3.05, 3.63) is 41.0 Å². The number of oxazole rings is 1. The van der Waals surface area contributed by atoms with Gasteiger partial charge in [-0.15, -0.1) is 0 Å². The normalized spacial score (nSPS) is 10.2. The monoisotopic (exact) mass is 269 g/mol. The highest BCUT2D eigenvalue weighted by molar-refractivity contribution is 9.10. The van der Waals surface area contributed by atoms with Gasteiger partial charge >= 0.3 is 0 Å². The Labute approximate surface area is 94.6 Å². The molecular weight excluding hydrogens is 262 g/mol. The van der Waals surface area contributed by atoms with Gasteiger partial charge in [-0.25, -0.2) is 4.98 Å². The lowest BCUT2D eigenvalue weighted by Crippen LogP contribution is -1.94. The Morgan fingerprint density at radius 2 is 2.07 bits per heavy atom. The molecular formula is C10H8BrNO3. The van der Waals surface area contributed by atoms with Gasteiger partial charge in [0.1, 0.15) is 30.1 Å². The number of phenolic OH excluding ortho intramolecular Hbond substituents is 1. The third-order valence-electron chi connectivity index (χ3n) is 1.75. The maximum absolute atomic E-state index is 9.06. The van der Waals surface area contributed by atoms with Crippen LogP contribution in [0.25, 0.3) is 0 Å². The maximum atomic E-state index is 9.06. The van der Waals surface area contributed by atoms with Crippen molar-refractivity contribution in [3.8, 4) is 11.5 Å². The van der Waals surface area contributed by atoms with Crippen molar-refractivity contribution in [3.63, 3.8) is 0 Å². The first-order valence-electron chi connectivity index (χ1n) is 4.26. The van der Waals surface area contributed by atoms with Crippen LogP contribution >= 0.6 is 15.9 Å². The van der Waals surface area contributed by atoms with E-state index in [0.717, 1.165) is 0 Å². The lowest BCUT2D eigenvalue weighted by Gasteiger charge is -2.02. The first-order chi connectivity index (χ1) is 7.24. The highest BCUT2D eigenvalue weighted by Crippen LogP contribution is 2.17. The molecule has 0 aliphatic rings. The lowest BCUT2D eigenvalue weighted by molar-refractivity contribution is 0.300. The molecule has 0 unspecified atom stereocenters. The SMILES string of the molecule is Oc1ccc(OCc2coc(Br)n2)cc1. The summed E-state index contributed by atoms with van der Waals surface area (Å²) in [5.41, 5.74) is 0.704. The molecule has 2 aromatic rings. The van der Waals surface area contributed by atoms with Gasteiger partial charge in [0.05, 0.1) is 0 Å². The first-order valence-corrected chi connectivity index (χ1v) is 5.05. The molecule has 2 rings (SSSR count). The molecule has 0 aliphatic carbocycles. The third-order valence-corrected chi connectivity index (χ3v) is 2.11. The van der Waals surface area contributed by atoms with Crippen molar-refractivity contribution >= 4 is 15.9 Å². The molecule has 4 nitrogen and oxygen atoms in total. The summed E-state index contributed by atoms with van der Waals surface area (Å²) in [4.78, 5) is 4.46. The zero-order valence-electron chi connectivity index (χ0n) is 7.68. The average Bonchev–Trinajstić information content (AvgIpc) is 2.64. The third kappa shape index (κ3) is 2.73. The van der Waals surface area contributed by atoms with Crippen LogP contribution in [0.5, 0.6) is 11.5 Å². The summed E-state index contributed by atoms with van der Waals surface area (Å²) in [7, 11) is 0. The maximum Gasteiger partial charge on any atom is 0.264 e. The quantitative estimate of drug-likeness (QED) is 0.931. The van der Waals surface area contributed by atoms with E-state index in [-0.39, 0.29) is 5.75 Å². The van der Waals surface area contributed by atoms with Gasteiger partial charge in [-0.2, -0.15) is 0 Å². The topological polar surface area (TPSA) is 55.5 Å². The second-order valence-electron chi connectivity index (χ2n) is 2.87. The molecule has 0 amide bonds. The molecule has 0 atom stereocenters. The molecule has 0 fully saturated rings. The van der Waals surface area contributed by atoms with E-state index in [4.69, 9.17) is 14.3 Å². The summed E-state index contributed by atoms with van der Waals surface area (Å²) in [5.74, 6) is 0.887. The number of ether oxygens (including phenoxy) is 1. The summed E-state index contributed by atoms with van der Waals surface area (Å²) in [6, 6.07) is 6.50. The molecule has 1 aromatic carbocycles. The molecule has 15 heavy (non-hydrogen) atoms. The summed E-state index contributed by atoms with van der Waals surface area (Å²) >= 11 is 3.10. The van der Waals surface area contributed by atoms with Gasteiger partial charge in [0, 0.05) is 15.9 Å². The molecule has 5 heteroatoms. The number of benzene rings is 1. The lowest BCUT2D eigenvalue weighted by atomic mass is 10.3. The van der Waals surface area contributed by atoms with E-state index in [1.54, 1.807) is 24.3 Å². The zero-order chi connectivity index (χ0) is 10.7. The van der Waals surface area contributed by atoms with Crippen LogP contribution in [-0.2, 0) is 6.61 Å². The van der Waals surface area contributed by atoms with Crippen LogP contribution in [0, 0.1) is 0 Å². The summed E-state index contributed by atoms with van der Waals surface area (Å²) in [5, 5.41) is 9.06. The number of nitrogens with zero attached hydrogens (tertiary/aromatic N) is 1. The van der Waals surface area contributed by atoms with Crippen molar-refractivity contribution in [2.75, 3.05) is 0 Å². The molecule has 78 valence electrons. The highest BCUT2D eigenvalue weighted by Gasteiger charge is 2.01. The zero-order valence-corrected chi connectivity index (χ0v) is 9.27. The molecule has 0 saturated heterocycles. The first kappa shape index (κ1) is 10.0. The Morgan fingerprint density at radius 3 is 2.67 bits per heavy atom. The van der Waals surface area contributed by atoms with E-state index in [2.05, 4.69) is 20.9 Å². The van der Waals surface area contributed by atoms with Crippen molar-refractivity contribution in [2.24, 2.45) is 0 Å². The molecule has 1 aromatic heterocycles. The minimum absolute atomic E-state index is 0.214. The fourth-order valence-corrected chi connectivity index (χ4v) is 1.37. The van der Waals surface area contributed by atoms with Crippen LogP contribution < -0.4 is 4.74 Å².